The van der Waals surface area contributed by atoms with Gasteiger partial charge in [0.1, 0.15) is 0 Å². The van der Waals surface area contributed by atoms with E-state index in [1.54, 1.807) is 24.3 Å². The standard InChI is InChI=1S/C25H24Cl2N2O5/c1-3-33-22-11-16(13-28-18-8-9-19(25(31)32)20(26)12-18)10-21(27)24(22)34-14-23(30)29-17-6-4-15(2)5-7-17/h4-12,28H,3,13-14H2,1-2H3,(H,29,30)(H,31,32). The Balaban J connectivity index is 1.67. The van der Waals surface area contributed by atoms with Crippen LogP contribution in [0.1, 0.15) is 28.4 Å². The van der Waals surface area contributed by atoms with Crippen molar-refractivity contribution in [2.24, 2.45) is 0 Å². The second-order valence-electron chi connectivity index (χ2n) is 7.39. The zero-order valence-corrected chi connectivity index (χ0v) is 20.2. The number of hydrogen-bond donors (Lipinski definition) is 3. The highest BCUT2D eigenvalue weighted by Gasteiger charge is 2.15. The van der Waals surface area contributed by atoms with E-state index in [0.29, 0.717) is 35.3 Å². The molecule has 34 heavy (non-hydrogen) atoms. The van der Waals surface area contributed by atoms with E-state index in [9.17, 15) is 9.59 Å². The van der Waals surface area contributed by atoms with Gasteiger partial charge >= 0.3 is 5.97 Å². The maximum atomic E-state index is 12.3. The molecule has 3 N–H and O–H groups in total. The molecule has 3 aromatic rings. The lowest BCUT2D eigenvalue weighted by Gasteiger charge is -2.16. The molecular weight excluding hydrogens is 479 g/mol. The van der Waals surface area contributed by atoms with Gasteiger partial charge < -0.3 is 25.2 Å². The zero-order valence-electron chi connectivity index (χ0n) is 18.7. The summed E-state index contributed by atoms with van der Waals surface area (Å²) in [4.78, 5) is 23.4. The summed E-state index contributed by atoms with van der Waals surface area (Å²) in [7, 11) is 0. The number of carboxylic acid groups (broad SMARTS) is 1. The molecule has 0 aliphatic carbocycles. The quantitative estimate of drug-likeness (QED) is 0.313. The molecule has 0 aliphatic heterocycles. The maximum Gasteiger partial charge on any atom is 0.337 e. The Hall–Kier alpha value is -3.42. The average Bonchev–Trinajstić information content (AvgIpc) is 2.78. The summed E-state index contributed by atoms with van der Waals surface area (Å²) < 4.78 is 11.4. The van der Waals surface area contributed by atoms with Crippen molar-refractivity contribution in [1.82, 2.24) is 0 Å². The Bertz CT molecular complexity index is 1180. The van der Waals surface area contributed by atoms with E-state index in [1.807, 2.05) is 38.1 Å². The van der Waals surface area contributed by atoms with Crippen LogP contribution in [0.3, 0.4) is 0 Å². The molecule has 0 spiro atoms. The molecule has 1 amide bonds. The first kappa shape index (κ1) is 25.2. The minimum Gasteiger partial charge on any atom is -0.490 e. The first-order chi connectivity index (χ1) is 16.3. The van der Waals surface area contributed by atoms with E-state index in [4.69, 9.17) is 37.8 Å². The third kappa shape index (κ3) is 6.79. The van der Waals surface area contributed by atoms with Crippen LogP contribution in [0, 0.1) is 6.92 Å². The molecule has 9 heteroatoms. The topological polar surface area (TPSA) is 96.9 Å². The van der Waals surface area contributed by atoms with E-state index in [-0.39, 0.29) is 28.8 Å². The highest BCUT2D eigenvalue weighted by Crippen LogP contribution is 2.37. The van der Waals surface area contributed by atoms with Crippen LogP contribution in [0.5, 0.6) is 11.5 Å². The van der Waals surface area contributed by atoms with Crippen molar-refractivity contribution < 1.29 is 24.2 Å². The van der Waals surface area contributed by atoms with Gasteiger partial charge in [-0.3, -0.25) is 4.79 Å². The van der Waals surface area contributed by atoms with Crippen LogP contribution in [0.25, 0.3) is 0 Å². The molecule has 0 bridgehead atoms. The number of hydrogen-bond acceptors (Lipinski definition) is 5. The van der Waals surface area contributed by atoms with Crippen LogP contribution in [0.4, 0.5) is 11.4 Å². The molecule has 0 saturated heterocycles. The molecule has 0 unspecified atom stereocenters. The highest BCUT2D eigenvalue weighted by atomic mass is 35.5. The number of carbonyl (C=O) groups is 2. The van der Waals surface area contributed by atoms with Gasteiger partial charge in [0.2, 0.25) is 0 Å². The van der Waals surface area contributed by atoms with E-state index in [1.165, 1.54) is 6.07 Å². The van der Waals surface area contributed by atoms with Crippen molar-refractivity contribution in [2.45, 2.75) is 20.4 Å². The molecule has 0 aromatic heterocycles. The van der Waals surface area contributed by atoms with E-state index in [0.717, 1.165) is 11.1 Å². The van der Waals surface area contributed by atoms with Gasteiger partial charge in [-0.15, -0.1) is 0 Å². The number of ether oxygens (including phenoxy) is 2. The van der Waals surface area contributed by atoms with Crippen LogP contribution in [0.2, 0.25) is 10.0 Å². The van der Waals surface area contributed by atoms with Gasteiger partial charge in [-0.25, -0.2) is 4.79 Å². The third-order valence-electron chi connectivity index (χ3n) is 4.75. The van der Waals surface area contributed by atoms with Crippen molar-refractivity contribution in [3.63, 3.8) is 0 Å². The Kier molecular flexibility index (Phi) is 8.62. The van der Waals surface area contributed by atoms with Crippen molar-refractivity contribution in [2.75, 3.05) is 23.8 Å². The molecule has 0 fully saturated rings. The molecule has 0 aliphatic rings. The highest BCUT2D eigenvalue weighted by molar-refractivity contribution is 6.33. The summed E-state index contributed by atoms with van der Waals surface area (Å²) in [5.41, 5.74) is 3.24. The largest absolute Gasteiger partial charge is 0.490 e. The molecule has 0 atom stereocenters. The van der Waals surface area contributed by atoms with E-state index in [2.05, 4.69) is 10.6 Å². The molecule has 3 aromatic carbocycles. The fraction of sp³-hybridized carbons (Fsp3) is 0.200. The average molecular weight is 503 g/mol. The number of carboxylic acids is 1. The molecule has 0 radical (unpaired) electrons. The molecule has 3 rings (SSSR count). The molecule has 0 saturated carbocycles. The summed E-state index contributed by atoms with van der Waals surface area (Å²) >= 11 is 12.5. The Morgan fingerprint density at radius 2 is 1.65 bits per heavy atom. The summed E-state index contributed by atoms with van der Waals surface area (Å²) in [6.45, 7) is 4.32. The number of nitrogens with one attached hydrogen (secondary N) is 2. The van der Waals surface area contributed by atoms with Crippen molar-refractivity contribution >= 4 is 46.5 Å². The second kappa shape index (κ2) is 11.6. The predicted molar refractivity (Wildman–Crippen MR) is 134 cm³/mol. The number of aryl methyl sites for hydroxylation is 1. The second-order valence-corrected chi connectivity index (χ2v) is 8.21. The minimum absolute atomic E-state index is 0.0295. The Morgan fingerprint density at radius 3 is 2.29 bits per heavy atom. The zero-order chi connectivity index (χ0) is 24.7. The van der Waals surface area contributed by atoms with Crippen LogP contribution >= 0.6 is 23.2 Å². The number of benzene rings is 3. The maximum absolute atomic E-state index is 12.3. The van der Waals surface area contributed by atoms with Crippen LogP contribution < -0.4 is 20.1 Å². The Morgan fingerprint density at radius 1 is 0.941 bits per heavy atom. The molecule has 7 nitrogen and oxygen atoms in total. The fourth-order valence-corrected chi connectivity index (χ4v) is 3.65. The molecular formula is C25H24Cl2N2O5. The van der Waals surface area contributed by atoms with Gasteiger partial charge in [-0.2, -0.15) is 0 Å². The van der Waals surface area contributed by atoms with Gasteiger partial charge in [0, 0.05) is 17.9 Å². The summed E-state index contributed by atoms with van der Waals surface area (Å²) in [5.74, 6) is -0.725. The summed E-state index contributed by atoms with van der Waals surface area (Å²) in [6.07, 6.45) is 0. The summed E-state index contributed by atoms with van der Waals surface area (Å²) in [6, 6.07) is 15.5. The van der Waals surface area contributed by atoms with Crippen molar-refractivity contribution in [3.8, 4) is 11.5 Å². The van der Waals surface area contributed by atoms with Gasteiger partial charge in [0.05, 0.1) is 22.2 Å². The van der Waals surface area contributed by atoms with Crippen LogP contribution in [0.15, 0.2) is 54.6 Å². The van der Waals surface area contributed by atoms with Crippen molar-refractivity contribution in [3.05, 3.63) is 81.3 Å². The predicted octanol–water partition coefficient (Wildman–Crippen LogP) is 6.03. The van der Waals surface area contributed by atoms with Gasteiger partial charge in [-0.1, -0.05) is 40.9 Å². The van der Waals surface area contributed by atoms with Gasteiger partial charge in [0.25, 0.3) is 5.91 Å². The number of anilines is 2. The molecule has 0 heterocycles. The lowest BCUT2D eigenvalue weighted by Crippen LogP contribution is -2.20. The van der Waals surface area contributed by atoms with Crippen LogP contribution in [-0.2, 0) is 11.3 Å². The smallest absolute Gasteiger partial charge is 0.337 e. The minimum atomic E-state index is -1.09. The lowest BCUT2D eigenvalue weighted by atomic mass is 10.1. The van der Waals surface area contributed by atoms with Crippen LogP contribution in [-0.4, -0.2) is 30.2 Å². The number of amides is 1. The molecule has 178 valence electrons. The number of rotatable bonds is 10. The SMILES string of the molecule is CCOc1cc(CNc2ccc(C(=O)O)c(Cl)c2)cc(Cl)c1OCC(=O)Nc1ccc(C)cc1. The lowest BCUT2D eigenvalue weighted by molar-refractivity contribution is -0.118. The Labute approximate surface area is 207 Å². The third-order valence-corrected chi connectivity index (χ3v) is 5.34. The van der Waals surface area contributed by atoms with Gasteiger partial charge in [-0.05, 0) is 61.9 Å². The van der Waals surface area contributed by atoms with E-state index < -0.39 is 5.97 Å². The number of halogens is 2. The first-order valence-corrected chi connectivity index (χ1v) is 11.2. The summed E-state index contributed by atoms with van der Waals surface area (Å²) in [5, 5.41) is 15.5. The first-order valence-electron chi connectivity index (χ1n) is 10.5. The number of aromatic carboxylic acids is 1. The van der Waals surface area contributed by atoms with Crippen molar-refractivity contribution in [1.29, 1.82) is 0 Å². The number of carbonyl (C=O) groups excluding carboxylic acids is 1. The van der Waals surface area contributed by atoms with E-state index >= 15 is 0 Å². The fourth-order valence-electron chi connectivity index (χ4n) is 3.10. The van der Waals surface area contributed by atoms with Gasteiger partial charge in [0.15, 0.2) is 18.1 Å². The normalized spacial score (nSPS) is 10.5. The monoisotopic (exact) mass is 502 g/mol.